The van der Waals surface area contributed by atoms with Gasteiger partial charge in [0.2, 0.25) is 0 Å². The molecule has 1 aliphatic heterocycles. The molecule has 13 heavy (non-hydrogen) atoms. The average molecular weight is 177 g/mol. The van der Waals surface area contributed by atoms with E-state index >= 15 is 0 Å². The van der Waals surface area contributed by atoms with Gasteiger partial charge in [-0.2, -0.15) is 0 Å². The Morgan fingerprint density at radius 3 is 3.15 bits per heavy atom. The van der Waals surface area contributed by atoms with Crippen molar-refractivity contribution in [1.29, 1.82) is 0 Å². The van der Waals surface area contributed by atoms with Crippen LogP contribution in [0.15, 0.2) is 18.2 Å². The van der Waals surface area contributed by atoms with Crippen molar-refractivity contribution in [2.75, 3.05) is 18.5 Å². The van der Waals surface area contributed by atoms with Crippen molar-refractivity contribution < 1.29 is 5.11 Å². The van der Waals surface area contributed by atoms with Crippen LogP contribution in [0.25, 0.3) is 0 Å². The van der Waals surface area contributed by atoms with Gasteiger partial charge in [0.1, 0.15) is 0 Å². The highest BCUT2D eigenvalue weighted by Gasteiger charge is 2.17. The molecule has 1 aromatic carbocycles. The van der Waals surface area contributed by atoms with Crippen LogP contribution in [0.1, 0.15) is 24.0 Å². The van der Waals surface area contributed by atoms with Crippen LogP contribution < -0.4 is 5.32 Å². The summed E-state index contributed by atoms with van der Waals surface area (Å²) in [5, 5.41) is 12.2. The summed E-state index contributed by atoms with van der Waals surface area (Å²) in [7, 11) is 0. The minimum atomic E-state index is 0.237. The molecule has 1 aromatic rings. The zero-order chi connectivity index (χ0) is 9.26. The first-order chi connectivity index (χ1) is 6.31. The highest BCUT2D eigenvalue weighted by molar-refractivity contribution is 5.58. The van der Waals surface area contributed by atoms with E-state index in [0.717, 1.165) is 13.0 Å². The van der Waals surface area contributed by atoms with Crippen LogP contribution >= 0.6 is 0 Å². The van der Waals surface area contributed by atoms with Crippen LogP contribution in [0.4, 0.5) is 5.69 Å². The highest BCUT2D eigenvalue weighted by Crippen LogP contribution is 2.31. The number of benzene rings is 1. The number of hydrogen-bond acceptors (Lipinski definition) is 2. The molecule has 1 heterocycles. The zero-order valence-electron chi connectivity index (χ0n) is 7.88. The summed E-state index contributed by atoms with van der Waals surface area (Å²) in [6.07, 6.45) is 0.764. The Morgan fingerprint density at radius 2 is 2.38 bits per heavy atom. The number of nitrogens with one attached hydrogen (secondary N) is 1. The Morgan fingerprint density at radius 1 is 1.54 bits per heavy atom. The predicted octanol–water partition coefficient (Wildman–Crippen LogP) is 1.75. The zero-order valence-corrected chi connectivity index (χ0v) is 7.88. The van der Waals surface area contributed by atoms with Gasteiger partial charge in [0, 0.05) is 24.8 Å². The fourth-order valence-corrected chi connectivity index (χ4v) is 1.84. The Bertz CT molecular complexity index is 309. The topological polar surface area (TPSA) is 32.3 Å². The fraction of sp³-hybridized carbons (Fsp3) is 0.455. The van der Waals surface area contributed by atoms with Gasteiger partial charge in [-0.25, -0.2) is 0 Å². The van der Waals surface area contributed by atoms with E-state index in [1.54, 1.807) is 0 Å². The van der Waals surface area contributed by atoms with Crippen molar-refractivity contribution in [2.24, 2.45) is 0 Å². The molecule has 0 aromatic heterocycles. The largest absolute Gasteiger partial charge is 0.396 e. The van der Waals surface area contributed by atoms with Gasteiger partial charge in [0.15, 0.2) is 0 Å². The van der Waals surface area contributed by atoms with E-state index in [-0.39, 0.29) is 6.61 Å². The summed E-state index contributed by atoms with van der Waals surface area (Å²) in [5.41, 5.74) is 3.89. The summed E-state index contributed by atoms with van der Waals surface area (Å²) in [4.78, 5) is 0. The second kappa shape index (κ2) is 3.38. The molecule has 0 bridgehead atoms. The second-order valence-electron chi connectivity index (χ2n) is 3.68. The molecule has 0 aliphatic carbocycles. The molecule has 0 amide bonds. The predicted molar refractivity (Wildman–Crippen MR) is 54.1 cm³/mol. The van der Waals surface area contributed by atoms with Gasteiger partial charge < -0.3 is 10.4 Å². The lowest BCUT2D eigenvalue weighted by Gasteiger charge is -2.05. The number of aliphatic hydroxyl groups excluding tert-OH is 1. The van der Waals surface area contributed by atoms with Crippen LogP contribution in [-0.2, 0) is 6.42 Å². The lowest BCUT2D eigenvalue weighted by molar-refractivity contribution is 0.299. The van der Waals surface area contributed by atoms with Crippen molar-refractivity contribution in [3.8, 4) is 0 Å². The molecular weight excluding hydrogens is 162 g/mol. The van der Waals surface area contributed by atoms with Crippen molar-refractivity contribution in [3.05, 3.63) is 29.3 Å². The monoisotopic (exact) mass is 177 g/mol. The number of anilines is 1. The fourth-order valence-electron chi connectivity index (χ4n) is 1.84. The third kappa shape index (κ3) is 1.54. The number of hydrogen-bond donors (Lipinski definition) is 2. The average Bonchev–Trinajstić information content (AvgIpc) is 2.49. The maximum absolute atomic E-state index is 8.82. The Labute approximate surface area is 78.6 Å². The van der Waals surface area contributed by atoms with Crippen LogP contribution in [0.3, 0.4) is 0 Å². The minimum absolute atomic E-state index is 0.237. The van der Waals surface area contributed by atoms with Crippen LogP contribution in [0, 0.1) is 0 Å². The molecule has 2 rings (SSSR count). The molecule has 2 N–H and O–H groups in total. The second-order valence-corrected chi connectivity index (χ2v) is 3.68. The lowest BCUT2D eigenvalue weighted by atomic mass is 10.00. The smallest absolute Gasteiger partial charge is 0.0471 e. The summed E-state index contributed by atoms with van der Waals surface area (Å²) >= 11 is 0. The van der Waals surface area contributed by atoms with E-state index in [4.69, 9.17) is 5.11 Å². The first-order valence-corrected chi connectivity index (χ1v) is 4.79. The highest BCUT2D eigenvalue weighted by atomic mass is 16.2. The van der Waals surface area contributed by atoms with Crippen molar-refractivity contribution in [1.82, 2.24) is 0 Å². The first-order valence-electron chi connectivity index (χ1n) is 4.79. The normalized spacial score (nSPS) is 19.7. The third-order valence-corrected chi connectivity index (χ3v) is 2.65. The molecular formula is C11H15NO. The molecule has 0 fully saturated rings. The number of rotatable bonds is 2. The third-order valence-electron chi connectivity index (χ3n) is 2.65. The molecule has 2 heteroatoms. The Kier molecular flexibility index (Phi) is 2.23. The van der Waals surface area contributed by atoms with Crippen molar-refractivity contribution >= 4 is 5.69 Å². The minimum Gasteiger partial charge on any atom is -0.396 e. The molecule has 0 saturated heterocycles. The Balaban J connectivity index is 2.31. The first kappa shape index (κ1) is 8.57. The number of fused-ring (bicyclic) bond motifs is 1. The molecule has 1 unspecified atom stereocenters. The van der Waals surface area contributed by atoms with Gasteiger partial charge in [-0.15, -0.1) is 0 Å². The van der Waals surface area contributed by atoms with E-state index < -0.39 is 0 Å². The van der Waals surface area contributed by atoms with E-state index in [9.17, 15) is 0 Å². The summed E-state index contributed by atoms with van der Waals surface area (Å²) in [5.74, 6) is 0.605. The van der Waals surface area contributed by atoms with Gasteiger partial charge >= 0.3 is 0 Å². The quantitative estimate of drug-likeness (QED) is 0.721. The van der Waals surface area contributed by atoms with Crippen molar-refractivity contribution in [2.45, 2.75) is 19.3 Å². The molecule has 1 aliphatic rings. The van der Waals surface area contributed by atoms with E-state index in [0.29, 0.717) is 5.92 Å². The SMILES string of the molecule is CC1CNc2ccc(CCO)cc21. The van der Waals surface area contributed by atoms with Gasteiger partial charge in [-0.05, 0) is 23.6 Å². The van der Waals surface area contributed by atoms with E-state index in [1.807, 2.05) is 0 Å². The Hall–Kier alpha value is -1.02. The number of aliphatic hydroxyl groups is 1. The van der Waals surface area contributed by atoms with Crippen LogP contribution in [0.2, 0.25) is 0 Å². The molecule has 2 nitrogen and oxygen atoms in total. The summed E-state index contributed by atoms with van der Waals surface area (Å²) < 4.78 is 0. The summed E-state index contributed by atoms with van der Waals surface area (Å²) in [6, 6.07) is 6.40. The molecule has 0 radical (unpaired) electrons. The van der Waals surface area contributed by atoms with Gasteiger partial charge in [-0.3, -0.25) is 0 Å². The maximum Gasteiger partial charge on any atom is 0.0471 e. The lowest BCUT2D eigenvalue weighted by Crippen LogP contribution is -1.96. The molecule has 70 valence electrons. The maximum atomic E-state index is 8.82. The van der Waals surface area contributed by atoms with Gasteiger partial charge in [0.25, 0.3) is 0 Å². The van der Waals surface area contributed by atoms with E-state index in [1.165, 1.54) is 16.8 Å². The molecule has 0 saturated carbocycles. The van der Waals surface area contributed by atoms with Crippen molar-refractivity contribution in [3.63, 3.8) is 0 Å². The molecule has 0 spiro atoms. The standard InChI is InChI=1S/C11H15NO/c1-8-7-12-11-3-2-9(4-5-13)6-10(8)11/h2-3,6,8,12-13H,4-5,7H2,1H3. The van der Waals surface area contributed by atoms with Gasteiger partial charge in [-0.1, -0.05) is 19.1 Å². The van der Waals surface area contributed by atoms with E-state index in [2.05, 4.69) is 30.4 Å². The summed E-state index contributed by atoms with van der Waals surface area (Å²) in [6.45, 7) is 3.50. The van der Waals surface area contributed by atoms with Crippen LogP contribution in [-0.4, -0.2) is 18.3 Å². The van der Waals surface area contributed by atoms with Gasteiger partial charge in [0.05, 0.1) is 0 Å². The van der Waals surface area contributed by atoms with Crippen LogP contribution in [0.5, 0.6) is 0 Å². The molecule has 1 atom stereocenters.